The van der Waals surface area contributed by atoms with Crippen LogP contribution < -0.4 is 0 Å². The van der Waals surface area contributed by atoms with E-state index in [4.69, 9.17) is 18.5 Å². The molecular weight excluding hydrogens is 725 g/mol. The SMILES string of the molecule is CCCCCCCCCC/C=C\CCCCCCCCCC(=O)O[C@H](COC(=O)CCCCCCCCCCCCCCC)COP(=O)(O)OCC[N+](C)(C)C. The molecule has 0 saturated heterocycles. The third kappa shape index (κ3) is 42.4. The van der Waals surface area contributed by atoms with Gasteiger partial charge in [0.15, 0.2) is 6.10 Å². The van der Waals surface area contributed by atoms with E-state index < -0.39 is 26.5 Å². The molecule has 10 heteroatoms. The summed E-state index contributed by atoms with van der Waals surface area (Å²) >= 11 is 0. The highest BCUT2D eigenvalue weighted by Gasteiger charge is 2.27. The maximum atomic E-state index is 12.7. The first kappa shape index (κ1) is 54.8. The number of likely N-dealkylation sites (N-methyl/N-ethyl adjacent to an activating group) is 1. The second kappa shape index (κ2) is 39.2. The molecule has 0 radical (unpaired) electrons. The van der Waals surface area contributed by atoms with Crippen molar-refractivity contribution in [3.8, 4) is 0 Å². The zero-order valence-electron chi connectivity index (χ0n) is 37.4. The van der Waals surface area contributed by atoms with Crippen LogP contribution in [0.3, 0.4) is 0 Å². The maximum absolute atomic E-state index is 12.7. The van der Waals surface area contributed by atoms with Crippen molar-refractivity contribution in [2.75, 3.05) is 47.5 Å². The minimum atomic E-state index is -4.37. The Kier molecular flexibility index (Phi) is 38.3. The molecule has 0 spiro atoms. The first-order valence-corrected chi connectivity index (χ1v) is 24.9. The molecule has 0 heterocycles. The predicted molar refractivity (Wildman–Crippen MR) is 234 cm³/mol. The fourth-order valence-electron chi connectivity index (χ4n) is 6.60. The number of phosphoric acid groups is 1. The molecule has 0 amide bonds. The summed E-state index contributed by atoms with van der Waals surface area (Å²) in [4.78, 5) is 35.4. The molecular formula is C46H91NO8P+. The summed E-state index contributed by atoms with van der Waals surface area (Å²) in [6, 6.07) is 0. The number of phosphoric ester groups is 1. The summed E-state index contributed by atoms with van der Waals surface area (Å²) in [6.45, 7) is 4.44. The molecule has 0 aromatic rings. The number of carbonyl (C=O) groups is 2. The fraction of sp³-hybridized carbons (Fsp3) is 0.913. The Labute approximate surface area is 346 Å². The van der Waals surface area contributed by atoms with Crippen LogP contribution in [0, 0.1) is 0 Å². The highest BCUT2D eigenvalue weighted by Crippen LogP contribution is 2.43. The Bertz CT molecular complexity index is 969. The van der Waals surface area contributed by atoms with E-state index in [0.29, 0.717) is 23.9 Å². The van der Waals surface area contributed by atoms with Gasteiger partial charge in [-0.15, -0.1) is 0 Å². The summed E-state index contributed by atoms with van der Waals surface area (Å²) < 4.78 is 34.3. The Morgan fingerprint density at radius 1 is 0.536 bits per heavy atom. The number of allylic oxidation sites excluding steroid dienone is 2. The molecule has 0 fully saturated rings. The van der Waals surface area contributed by atoms with E-state index in [0.717, 1.165) is 44.9 Å². The van der Waals surface area contributed by atoms with Crippen LogP contribution in [0.1, 0.15) is 219 Å². The van der Waals surface area contributed by atoms with E-state index in [1.807, 2.05) is 21.1 Å². The second-order valence-electron chi connectivity index (χ2n) is 17.1. The van der Waals surface area contributed by atoms with Crippen LogP contribution in [0.25, 0.3) is 0 Å². The van der Waals surface area contributed by atoms with E-state index in [2.05, 4.69) is 26.0 Å². The van der Waals surface area contributed by atoms with Crippen molar-refractivity contribution in [1.82, 2.24) is 0 Å². The molecule has 0 rings (SSSR count). The molecule has 0 aromatic heterocycles. The minimum absolute atomic E-state index is 0.0340. The van der Waals surface area contributed by atoms with Crippen LogP contribution in [0.15, 0.2) is 12.2 Å². The van der Waals surface area contributed by atoms with Crippen molar-refractivity contribution < 1.29 is 42.1 Å². The van der Waals surface area contributed by atoms with Gasteiger partial charge in [-0.1, -0.05) is 180 Å². The molecule has 0 aromatic carbocycles. The third-order valence-electron chi connectivity index (χ3n) is 10.3. The first-order chi connectivity index (χ1) is 27.0. The van der Waals surface area contributed by atoms with Gasteiger partial charge in [0.1, 0.15) is 19.8 Å². The van der Waals surface area contributed by atoms with Gasteiger partial charge in [-0.25, -0.2) is 4.57 Å². The van der Waals surface area contributed by atoms with Gasteiger partial charge in [0, 0.05) is 12.8 Å². The monoisotopic (exact) mass is 817 g/mol. The molecule has 9 nitrogen and oxygen atoms in total. The maximum Gasteiger partial charge on any atom is 0.472 e. The fourth-order valence-corrected chi connectivity index (χ4v) is 7.34. The summed E-state index contributed by atoms with van der Waals surface area (Å²) in [7, 11) is 1.48. The van der Waals surface area contributed by atoms with E-state index in [1.165, 1.54) is 141 Å². The number of nitrogens with zero attached hydrogens (tertiary/aromatic N) is 1. The zero-order valence-corrected chi connectivity index (χ0v) is 38.3. The molecule has 332 valence electrons. The van der Waals surface area contributed by atoms with Gasteiger partial charge in [0.2, 0.25) is 0 Å². The lowest BCUT2D eigenvalue weighted by Gasteiger charge is -2.24. The largest absolute Gasteiger partial charge is 0.472 e. The van der Waals surface area contributed by atoms with E-state index in [-0.39, 0.29) is 25.6 Å². The number of rotatable bonds is 43. The minimum Gasteiger partial charge on any atom is -0.462 e. The van der Waals surface area contributed by atoms with E-state index in [9.17, 15) is 19.0 Å². The molecule has 0 aliphatic rings. The number of quaternary nitrogens is 1. The quantitative estimate of drug-likeness (QED) is 0.0213. The van der Waals surface area contributed by atoms with Crippen molar-refractivity contribution in [3.63, 3.8) is 0 Å². The molecule has 56 heavy (non-hydrogen) atoms. The highest BCUT2D eigenvalue weighted by molar-refractivity contribution is 7.47. The number of unbranched alkanes of at least 4 members (excludes halogenated alkanes) is 27. The van der Waals surface area contributed by atoms with Gasteiger partial charge in [0.25, 0.3) is 0 Å². The average Bonchev–Trinajstić information content (AvgIpc) is 3.15. The molecule has 0 aliphatic carbocycles. The van der Waals surface area contributed by atoms with Crippen molar-refractivity contribution in [1.29, 1.82) is 0 Å². The van der Waals surface area contributed by atoms with Gasteiger partial charge in [-0.2, -0.15) is 0 Å². The highest BCUT2D eigenvalue weighted by atomic mass is 31.2. The third-order valence-corrected chi connectivity index (χ3v) is 11.3. The van der Waals surface area contributed by atoms with Crippen molar-refractivity contribution in [2.24, 2.45) is 0 Å². The lowest BCUT2D eigenvalue weighted by molar-refractivity contribution is -0.870. The van der Waals surface area contributed by atoms with Crippen molar-refractivity contribution >= 4 is 19.8 Å². The van der Waals surface area contributed by atoms with Gasteiger partial charge in [0.05, 0.1) is 27.7 Å². The molecule has 1 unspecified atom stereocenters. The smallest absolute Gasteiger partial charge is 0.462 e. The standard InChI is InChI=1S/C46H90NO8P/c1-6-8-10-12-14-16-18-20-21-22-23-24-25-27-29-31-33-35-37-39-46(49)55-44(43-54-56(50,51)53-41-40-47(3,4)5)42-52-45(48)38-36-34-32-30-28-26-19-17-15-13-11-9-7-2/h22-23,44H,6-21,24-43H2,1-5H3/p+1/b23-22-/t44-/m1/s1. The normalized spacial score (nSPS) is 13.6. The first-order valence-electron chi connectivity index (χ1n) is 23.4. The Morgan fingerprint density at radius 2 is 0.911 bits per heavy atom. The lowest BCUT2D eigenvalue weighted by atomic mass is 10.0. The number of hydrogen-bond donors (Lipinski definition) is 1. The van der Waals surface area contributed by atoms with Crippen molar-refractivity contribution in [2.45, 2.75) is 225 Å². The number of carbonyl (C=O) groups excluding carboxylic acids is 2. The summed E-state index contributed by atoms with van der Waals surface area (Å²) in [5.74, 6) is -0.793. The van der Waals surface area contributed by atoms with Crippen LogP contribution in [-0.2, 0) is 32.7 Å². The Morgan fingerprint density at radius 3 is 1.32 bits per heavy atom. The van der Waals surface area contributed by atoms with Gasteiger partial charge < -0.3 is 18.9 Å². The Hall–Kier alpha value is -1.25. The molecule has 0 aliphatic heterocycles. The topological polar surface area (TPSA) is 108 Å². The summed E-state index contributed by atoms with van der Waals surface area (Å²) in [5, 5.41) is 0. The van der Waals surface area contributed by atoms with Gasteiger partial charge in [-0.3, -0.25) is 18.6 Å². The molecule has 0 saturated carbocycles. The summed E-state index contributed by atoms with van der Waals surface area (Å²) in [6.07, 6.45) is 41.1. The zero-order chi connectivity index (χ0) is 41.4. The average molecular weight is 817 g/mol. The number of esters is 2. The van der Waals surface area contributed by atoms with Crippen LogP contribution >= 0.6 is 7.82 Å². The summed E-state index contributed by atoms with van der Waals surface area (Å²) in [5.41, 5.74) is 0. The second-order valence-corrected chi connectivity index (χ2v) is 18.6. The van der Waals surface area contributed by atoms with E-state index >= 15 is 0 Å². The molecule has 1 N–H and O–H groups in total. The van der Waals surface area contributed by atoms with Crippen molar-refractivity contribution in [3.05, 3.63) is 12.2 Å². The molecule has 2 atom stereocenters. The lowest BCUT2D eigenvalue weighted by Crippen LogP contribution is -2.37. The van der Waals surface area contributed by atoms with Crippen LogP contribution in [-0.4, -0.2) is 74.9 Å². The van der Waals surface area contributed by atoms with Gasteiger partial charge >= 0.3 is 19.8 Å². The number of ether oxygens (including phenoxy) is 2. The van der Waals surface area contributed by atoms with Crippen LogP contribution in [0.4, 0.5) is 0 Å². The number of hydrogen-bond acceptors (Lipinski definition) is 7. The van der Waals surface area contributed by atoms with Crippen LogP contribution in [0.5, 0.6) is 0 Å². The predicted octanol–water partition coefficient (Wildman–Crippen LogP) is 13.4. The molecule has 0 bridgehead atoms. The van der Waals surface area contributed by atoms with Gasteiger partial charge in [-0.05, 0) is 38.5 Å². The van der Waals surface area contributed by atoms with Crippen LogP contribution in [0.2, 0.25) is 0 Å². The Balaban J connectivity index is 4.29. The van der Waals surface area contributed by atoms with E-state index in [1.54, 1.807) is 0 Å².